The molecule has 3 aromatic rings. The van der Waals surface area contributed by atoms with E-state index in [-0.39, 0.29) is 17.3 Å². The normalized spacial score (nSPS) is 11.3. The highest BCUT2D eigenvalue weighted by Crippen LogP contribution is 2.38. The van der Waals surface area contributed by atoms with Gasteiger partial charge in [0, 0.05) is 16.1 Å². The van der Waals surface area contributed by atoms with Gasteiger partial charge in [-0.05, 0) is 34.1 Å². The number of rotatable bonds is 2. The van der Waals surface area contributed by atoms with Gasteiger partial charge in [-0.3, -0.25) is 9.78 Å². The molecule has 1 amide bonds. The van der Waals surface area contributed by atoms with E-state index in [1.165, 1.54) is 6.20 Å². The number of carbonyl (C=O) groups excluding carboxylic acids is 1. The Morgan fingerprint density at radius 3 is 2.86 bits per heavy atom. The second kappa shape index (κ2) is 5.45. The SMILES string of the molecule is O=C(N=Nc1c(O)[nH]c2c(Br)cccc12)c1ccccn1. The van der Waals surface area contributed by atoms with Crippen LogP contribution in [0.2, 0.25) is 0 Å². The Balaban J connectivity index is 1.99. The van der Waals surface area contributed by atoms with Crippen molar-refractivity contribution in [3.05, 3.63) is 52.8 Å². The third kappa shape index (κ3) is 2.55. The van der Waals surface area contributed by atoms with Crippen LogP contribution in [-0.4, -0.2) is 21.0 Å². The van der Waals surface area contributed by atoms with Crippen LogP contribution in [0.1, 0.15) is 10.5 Å². The number of nitrogens with one attached hydrogen (secondary N) is 1. The lowest BCUT2D eigenvalue weighted by Crippen LogP contribution is -1.96. The van der Waals surface area contributed by atoms with Gasteiger partial charge < -0.3 is 10.1 Å². The molecule has 21 heavy (non-hydrogen) atoms. The molecule has 2 aromatic heterocycles. The van der Waals surface area contributed by atoms with Crippen LogP contribution in [-0.2, 0) is 0 Å². The summed E-state index contributed by atoms with van der Waals surface area (Å²) in [5.74, 6) is -0.714. The lowest BCUT2D eigenvalue weighted by atomic mass is 10.2. The number of halogens is 1. The number of H-pyrrole nitrogens is 1. The molecule has 2 heterocycles. The Hall–Kier alpha value is -2.54. The molecule has 0 fully saturated rings. The number of aromatic nitrogens is 2. The largest absolute Gasteiger partial charge is 0.493 e. The number of benzene rings is 1. The zero-order chi connectivity index (χ0) is 14.8. The topological polar surface area (TPSA) is 90.7 Å². The number of fused-ring (bicyclic) bond motifs is 1. The second-order valence-corrected chi connectivity index (χ2v) is 5.06. The van der Waals surface area contributed by atoms with Crippen molar-refractivity contribution in [1.82, 2.24) is 9.97 Å². The van der Waals surface area contributed by atoms with Gasteiger partial charge in [-0.2, -0.15) is 0 Å². The lowest BCUT2D eigenvalue weighted by molar-refractivity contribution is 0.0990. The summed E-state index contributed by atoms with van der Waals surface area (Å²) in [6.07, 6.45) is 1.50. The van der Waals surface area contributed by atoms with E-state index < -0.39 is 5.91 Å². The number of hydrogen-bond acceptors (Lipinski definition) is 4. The Morgan fingerprint density at radius 1 is 1.24 bits per heavy atom. The van der Waals surface area contributed by atoms with E-state index in [4.69, 9.17) is 0 Å². The maximum atomic E-state index is 11.8. The number of amides is 1. The standard InChI is InChI=1S/C14H9BrN4O2/c15-9-5-3-4-8-11(9)17-14(21)12(8)18-19-13(20)10-6-1-2-7-16-10/h1-7,17,21H. The van der Waals surface area contributed by atoms with Gasteiger partial charge in [-0.1, -0.05) is 18.2 Å². The summed E-state index contributed by atoms with van der Waals surface area (Å²) < 4.78 is 0.785. The molecule has 0 bridgehead atoms. The summed E-state index contributed by atoms with van der Waals surface area (Å²) in [5.41, 5.74) is 1.10. The molecule has 0 saturated heterocycles. The molecule has 0 aliphatic rings. The molecule has 0 aliphatic heterocycles. The molecule has 3 rings (SSSR count). The molecular formula is C14H9BrN4O2. The average molecular weight is 345 g/mol. The van der Waals surface area contributed by atoms with Crippen LogP contribution in [0.3, 0.4) is 0 Å². The number of para-hydroxylation sites is 1. The van der Waals surface area contributed by atoms with Gasteiger partial charge in [0.25, 0.3) is 0 Å². The van der Waals surface area contributed by atoms with Gasteiger partial charge in [0.2, 0.25) is 5.88 Å². The van der Waals surface area contributed by atoms with Crippen LogP contribution in [0.5, 0.6) is 5.88 Å². The number of aromatic hydroxyl groups is 1. The number of carbonyl (C=O) groups is 1. The molecule has 0 aliphatic carbocycles. The van der Waals surface area contributed by atoms with Crippen molar-refractivity contribution in [2.75, 3.05) is 0 Å². The highest BCUT2D eigenvalue weighted by molar-refractivity contribution is 9.10. The predicted molar refractivity (Wildman–Crippen MR) is 80.7 cm³/mol. The number of pyridine rings is 1. The maximum absolute atomic E-state index is 11.8. The monoisotopic (exact) mass is 344 g/mol. The molecule has 2 N–H and O–H groups in total. The third-order valence-electron chi connectivity index (χ3n) is 2.86. The van der Waals surface area contributed by atoms with E-state index in [0.29, 0.717) is 10.9 Å². The first-order valence-corrected chi connectivity index (χ1v) is 6.82. The summed E-state index contributed by atoms with van der Waals surface area (Å²) in [7, 11) is 0. The van der Waals surface area contributed by atoms with E-state index in [0.717, 1.165) is 4.47 Å². The van der Waals surface area contributed by atoms with Crippen LogP contribution in [0.4, 0.5) is 5.69 Å². The molecule has 0 unspecified atom stereocenters. The van der Waals surface area contributed by atoms with Crippen LogP contribution in [0.25, 0.3) is 10.9 Å². The van der Waals surface area contributed by atoms with Gasteiger partial charge in [0.1, 0.15) is 5.69 Å². The quantitative estimate of drug-likeness (QED) is 0.689. The molecule has 0 spiro atoms. The summed E-state index contributed by atoms with van der Waals surface area (Å²) in [5, 5.41) is 18.0. The highest BCUT2D eigenvalue weighted by atomic mass is 79.9. The minimum atomic E-state index is -0.570. The molecule has 0 atom stereocenters. The summed E-state index contributed by atoms with van der Waals surface area (Å²) in [4.78, 5) is 18.5. The average Bonchev–Trinajstić information content (AvgIpc) is 2.83. The smallest absolute Gasteiger partial charge is 0.313 e. The Labute approximate surface area is 127 Å². The van der Waals surface area contributed by atoms with E-state index in [2.05, 4.69) is 36.1 Å². The van der Waals surface area contributed by atoms with Gasteiger partial charge in [0.05, 0.1) is 5.52 Å². The molecule has 104 valence electrons. The summed E-state index contributed by atoms with van der Waals surface area (Å²) in [6, 6.07) is 10.4. The maximum Gasteiger partial charge on any atom is 0.313 e. The zero-order valence-corrected chi connectivity index (χ0v) is 12.2. The van der Waals surface area contributed by atoms with Crippen molar-refractivity contribution in [1.29, 1.82) is 0 Å². The Bertz CT molecular complexity index is 843. The van der Waals surface area contributed by atoms with Crippen molar-refractivity contribution in [3.63, 3.8) is 0 Å². The Morgan fingerprint density at radius 2 is 2.10 bits per heavy atom. The minimum absolute atomic E-state index is 0.144. The molecule has 7 heteroatoms. The first-order chi connectivity index (χ1) is 10.2. The number of nitrogens with zero attached hydrogens (tertiary/aromatic N) is 3. The first kappa shape index (κ1) is 13.4. The predicted octanol–water partition coefficient (Wildman–Crippen LogP) is 3.96. The van der Waals surface area contributed by atoms with Crippen molar-refractivity contribution in [2.45, 2.75) is 0 Å². The zero-order valence-electron chi connectivity index (χ0n) is 10.6. The molecule has 0 saturated carbocycles. The Kier molecular flexibility index (Phi) is 3.49. The van der Waals surface area contributed by atoms with Crippen LogP contribution in [0, 0.1) is 0 Å². The van der Waals surface area contributed by atoms with Gasteiger partial charge >= 0.3 is 5.91 Å². The first-order valence-electron chi connectivity index (χ1n) is 6.03. The van der Waals surface area contributed by atoms with Crippen molar-refractivity contribution < 1.29 is 9.90 Å². The van der Waals surface area contributed by atoms with Gasteiger partial charge in [-0.25, -0.2) is 0 Å². The van der Waals surface area contributed by atoms with E-state index in [1.807, 2.05) is 6.07 Å². The fourth-order valence-corrected chi connectivity index (χ4v) is 2.36. The lowest BCUT2D eigenvalue weighted by Gasteiger charge is -1.94. The van der Waals surface area contributed by atoms with Crippen molar-refractivity contribution in [3.8, 4) is 5.88 Å². The van der Waals surface area contributed by atoms with Crippen molar-refractivity contribution in [2.24, 2.45) is 10.2 Å². The van der Waals surface area contributed by atoms with E-state index >= 15 is 0 Å². The summed E-state index contributed by atoms with van der Waals surface area (Å²) >= 11 is 3.37. The van der Waals surface area contributed by atoms with Gasteiger partial charge in [-0.15, -0.1) is 10.2 Å². The summed E-state index contributed by atoms with van der Waals surface area (Å²) in [6.45, 7) is 0. The number of aromatic amines is 1. The molecular weight excluding hydrogens is 336 g/mol. The molecule has 1 aromatic carbocycles. The fourth-order valence-electron chi connectivity index (χ4n) is 1.89. The fraction of sp³-hybridized carbons (Fsp3) is 0. The van der Waals surface area contributed by atoms with Gasteiger partial charge in [0.15, 0.2) is 5.69 Å². The van der Waals surface area contributed by atoms with Crippen LogP contribution in [0.15, 0.2) is 57.3 Å². The number of azo groups is 1. The van der Waals surface area contributed by atoms with E-state index in [9.17, 15) is 9.90 Å². The van der Waals surface area contributed by atoms with E-state index in [1.54, 1.807) is 30.3 Å². The minimum Gasteiger partial charge on any atom is -0.493 e. The van der Waals surface area contributed by atoms with Crippen LogP contribution >= 0.6 is 15.9 Å². The number of hydrogen-bond donors (Lipinski definition) is 2. The second-order valence-electron chi connectivity index (χ2n) is 4.20. The molecule has 0 radical (unpaired) electrons. The molecule has 6 nitrogen and oxygen atoms in total. The van der Waals surface area contributed by atoms with Crippen molar-refractivity contribution >= 4 is 38.4 Å². The van der Waals surface area contributed by atoms with Crippen LogP contribution < -0.4 is 0 Å². The third-order valence-corrected chi connectivity index (χ3v) is 3.52. The highest BCUT2D eigenvalue weighted by Gasteiger charge is 2.13.